The molecule has 0 unspecified atom stereocenters. The fourth-order valence-electron chi connectivity index (χ4n) is 1.49. The molecule has 1 aromatic carbocycles. The van der Waals surface area contributed by atoms with E-state index in [2.05, 4.69) is 18.2 Å². The summed E-state index contributed by atoms with van der Waals surface area (Å²) in [4.78, 5) is 4.20. The predicted molar refractivity (Wildman–Crippen MR) is 70.8 cm³/mol. The van der Waals surface area contributed by atoms with Crippen LogP contribution in [-0.2, 0) is 6.54 Å². The van der Waals surface area contributed by atoms with Crippen molar-refractivity contribution in [2.75, 3.05) is 5.32 Å². The first-order chi connectivity index (χ1) is 8.33. The molecule has 1 aliphatic rings. The van der Waals surface area contributed by atoms with E-state index in [-0.39, 0.29) is 14.6 Å². The van der Waals surface area contributed by atoms with E-state index in [1.165, 1.54) is 11.3 Å². The van der Waals surface area contributed by atoms with Gasteiger partial charge in [0, 0.05) is 0 Å². The van der Waals surface area contributed by atoms with Crippen molar-refractivity contribution in [1.29, 1.82) is 0 Å². The van der Waals surface area contributed by atoms with Gasteiger partial charge in [-0.05, 0) is 0 Å². The van der Waals surface area contributed by atoms with Crippen molar-refractivity contribution in [2.24, 2.45) is 7.92 Å². The van der Waals surface area contributed by atoms with Crippen LogP contribution in [0, 0.1) is 0 Å². The first-order valence-electron chi connectivity index (χ1n) is 4.88. The van der Waals surface area contributed by atoms with Crippen molar-refractivity contribution in [2.45, 2.75) is 6.54 Å². The number of hydrogen-bond acceptors (Lipinski definition) is 5. The Hall–Kier alpha value is -0.941. The van der Waals surface area contributed by atoms with Crippen LogP contribution in [0.2, 0.25) is 4.34 Å². The zero-order chi connectivity index (χ0) is 11.7. The van der Waals surface area contributed by atoms with Crippen LogP contribution < -0.4 is 5.32 Å². The van der Waals surface area contributed by atoms with Gasteiger partial charge in [0.1, 0.15) is 0 Å². The molecule has 86 valence electrons. The number of thiazole rings is 1. The summed E-state index contributed by atoms with van der Waals surface area (Å²) in [7, 11) is 0. The monoisotopic (exact) mass is 330 g/mol. The summed E-state index contributed by atoms with van der Waals surface area (Å²) in [5.41, 5.74) is 2.96. The minimum absolute atomic E-state index is 0.00457. The van der Waals surface area contributed by atoms with E-state index >= 15 is 0 Å². The molecule has 4 nitrogen and oxygen atoms in total. The molecule has 0 atom stereocenters. The number of fused-ring (bicyclic) bond motifs is 1. The van der Waals surface area contributed by atoms with E-state index in [0.717, 1.165) is 22.1 Å². The van der Waals surface area contributed by atoms with Gasteiger partial charge in [-0.1, -0.05) is 0 Å². The Balaban J connectivity index is 1.78. The van der Waals surface area contributed by atoms with E-state index in [4.69, 9.17) is 11.6 Å². The van der Waals surface area contributed by atoms with Gasteiger partial charge in [0.25, 0.3) is 0 Å². The van der Waals surface area contributed by atoms with Crippen molar-refractivity contribution in [3.8, 4) is 0 Å². The Kier molecular flexibility index (Phi) is 3.11. The first kappa shape index (κ1) is 11.2. The number of hydrogen-bond donors (Lipinski definition) is 1. The standard InChI is InChI=1S/C10H7ClN4SSe/c11-8-4-13-9(16-8)5-12-6-2-1-3-7-10(6)15-17-14-7/h1-4,12H,5H2. The van der Waals surface area contributed by atoms with E-state index < -0.39 is 0 Å². The second-order valence-electron chi connectivity index (χ2n) is 3.35. The Morgan fingerprint density at radius 1 is 1.35 bits per heavy atom. The normalized spacial score (nSPS) is 12.3. The van der Waals surface area contributed by atoms with Gasteiger partial charge in [-0.2, -0.15) is 0 Å². The molecule has 0 bridgehead atoms. The minimum atomic E-state index is 0.00457. The summed E-state index contributed by atoms with van der Waals surface area (Å²) in [6.07, 6.45) is 1.67. The zero-order valence-corrected chi connectivity index (χ0v) is 11.8. The van der Waals surface area contributed by atoms with Crippen LogP contribution in [0.3, 0.4) is 0 Å². The number of anilines is 1. The summed E-state index contributed by atoms with van der Waals surface area (Å²) in [6, 6.07) is 5.98. The molecule has 1 aromatic heterocycles. The molecule has 0 radical (unpaired) electrons. The molecule has 0 amide bonds. The third kappa shape index (κ3) is 2.35. The van der Waals surface area contributed by atoms with Crippen LogP contribution in [0.25, 0.3) is 0 Å². The summed E-state index contributed by atoms with van der Waals surface area (Å²) in [5.74, 6) is 0. The Bertz CT molecular complexity index is 633. The molecule has 0 fully saturated rings. The molecule has 1 aliphatic heterocycles. The van der Waals surface area contributed by atoms with Gasteiger partial charge in [0.2, 0.25) is 0 Å². The molecule has 17 heavy (non-hydrogen) atoms. The van der Waals surface area contributed by atoms with E-state index in [9.17, 15) is 0 Å². The number of nitrogens with zero attached hydrogens (tertiary/aromatic N) is 3. The molecule has 0 spiro atoms. The van der Waals surface area contributed by atoms with Gasteiger partial charge in [0.05, 0.1) is 0 Å². The van der Waals surface area contributed by atoms with Gasteiger partial charge in [0.15, 0.2) is 0 Å². The second kappa shape index (κ2) is 4.74. The van der Waals surface area contributed by atoms with Crippen molar-refractivity contribution >= 4 is 54.6 Å². The maximum absolute atomic E-state index is 5.83. The third-order valence-electron chi connectivity index (χ3n) is 2.24. The average Bonchev–Trinajstić information content (AvgIpc) is 2.94. The Morgan fingerprint density at radius 2 is 2.29 bits per heavy atom. The molecule has 0 saturated carbocycles. The molecule has 3 rings (SSSR count). The SMILES string of the molecule is Clc1cnc(CNc2cccc3c2N=[Se]=N3)s1. The summed E-state index contributed by atoms with van der Waals surface area (Å²) >= 11 is 7.32. The average molecular weight is 330 g/mol. The topological polar surface area (TPSA) is 49.6 Å². The Morgan fingerprint density at radius 3 is 3.12 bits per heavy atom. The molecule has 1 N–H and O–H groups in total. The number of rotatable bonds is 3. The van der Waals surface area contributed by atoms with Crippen LogP contribution in [0.5, 0.6) is 0 Å². The summed E-state index contributed by atoms with van der Waals surface area (Å²) < 4.78 is 9.46. The third-order valence-corrected chi connectivity index (χ3v) is 4.49. The first-order valence-corrected chi connectivity index (χ1v) is 7.61. The van der Waals surface area contributed by atoms with Gasteiger partial charge < -0.3 is 0 Å². The molecular formula is C10H7ClN4SSe. The van der Waals surface area contributed by atoms with Crippen molar-refractivity contribution in [3.05, 3.63) is 33.7 Å². The molecule has 7 heteroatoms. The summed E-state index contributed by atoms with van der Waals surface area (Å²) in [6.45, 7) is 0.663. The molecule has 2 aromatic rings. The van der Waals surface area contributed by atoms with E-state index in [1.54, 1.807) is 6.20 Å². The number of nitrogens with one attached hydrogen (secondary N) is 1. The van der Waals surface area contributed by atoms with Crippen molar-refractivity contribution in [3.63, 3.8) is 0 Å². The molecular weight excluding hydrogens is 323 g/mol. The Labute approximate surface area is 113 Å². The fourth-order valence-corrected chi connectivity index (χ4v) is 3.54. The molecule has 2 heterocycles. The molecule has 0 saturated heterocycles. The zero-order valence-electron chi connectivity index (χ0n) is 8.55. The van der Waals surface area contributed by atoms with E-state index in [0.29, 0.717) is 10.9 Å². The van der Waals surface area contributed by atoms with Crippen LogP contribution in [0.15, 0.2) is 32.3 Å². The van der Waals surface area contributed by atoms with Gasteiger partial charge >= 0.3 is 113 Å². The fraction of sp³-hybridized carbons (Fsp3) is 0.100. The second-order valence-corrected chi connectivity index (χ2v) is 6.20. The predicted octanol–water partition coefficient (Wildman–Crippen LogP) is 3.76. The van der Waals surface area contributed by atoms with Crippen molar-refractivity contribution < 1.29 is 0 Å². The summed E-state index contributed by atoms with van der Waals surface area (Å²) in [5, 5.41) is 4.29. The molecule has 0 aliphatic carbocycles. The van der Waals surface area contributed by atoms with Crippen LogP contribution in [0.1, 0.15) is 5.01 Å². The van der Waals surface area contributed by atoms with Gasteiger partial charge in [-0.3, -0.25) is 0 Å². The van der Waals surface area contributed by atoms with Crippen LogP contribution in [0.4, 0.5) is 17.1 Å². The van der Waals surface area contributed by atoms with Crippen LogP contribution >= 0.6 is 22.9 Å². The number of aromatic nitrogens is 1. The maximum atomic E-state index is 5.83. The van der Waals surface area contributed by atoms with E-state index in [1.807, 2.05) is 18.2 Å². The van der Waals surface area contributed by atoms with Gasteiger partial charge in [-0.25, -0.2) is 0 Å². The quantitative estimate of drug-likeness (QED) is 0.744. The van der Waals surface area contributed by atoms with Gasteiger partial charge in [-0.15, -0.1) is 0 Å². The number of benzene rings is 1. The van der Waals surface area contributed by atoms with Crippen molar-refractivity contribution in [1.82, 2.24) is 4.98 Å². The van der Waals surface area contributed by atoms with Crippen LogP contribution in [-0.4, -0.2) is 19.6 Å². The number of halogens is 1.